The topological polar surface area (TPSA) is 74.2 Å². The Labute approximate surface area is 152 Å². The van der Waals surface area contributed by atoms with Crippen LogP contribution in [0.25, 0.3) is 0 Å². The maximum atomic E-state index is 4.33. The van der Waals surface area contributed by atoms with Crippen LogP contribution in [0, 0.1) is 0 Å². The second kappa shape index (κ2) is 13.4. The van der Waals surface area contributed by atoms with Crippen molar-refractivity contribution in [3.05, 3.63) is 18.5 Å². The lowest BCUT2D eigenvalue weighted by atomic mass is 10.1. The summed E-state index contributed by atoms with van der Waals surface area (Å²) in [7, 11) is 0. The maximum Gasteiger partial charge on any atom is 0.222 e. The van der Waals surface area contributed by atoms with E-state index in [2.05, 4.69) is 30.9 Å². The lowest BCUT2D eigenvalue weighted by Gasteiger charge is -2.06. The lowest BCUT2D eigenvalue weighted by Crippen LogP contribution is -2.34. The summed E-state index contributed by atoms with van der Waals surface area (Å²) in [6.07, 6.45) is 16.8. The third-order valence-corrected chi connectivity index (χ3v) is 4.42. The number of hydrogen-bond acceptors (Lipinski definition) is 6. The van der Waals surface area contributed by atoms with Gasteiger partial charge < -0.3 is 16.0 Å². The summed E-state index contributed by atoms with van der Waals surface area (Å²) in [5.74, 6) is 1.73. The summed E-state index contributed by atoms with van der Waals surface area (Å²) in [5.41, 5.74) is 0. The molecule has 1 aromatic heterocycles. The van der Waals surface area contributed by atoms with E-state index >= 15 is 0 Å². The van der Waals surface area contributed by atoms with E-state index in [4.69, 9.17) is 0 Å². The van der Waals surface area contributed by atoms with Gasteiger partial charge in [0.1, 0.15) is 0 Å². The van der Waals surface area contributed by atoms with Gasteiger partial charge in [0.15, 0.2) is 5.96 Å². The van der Waals surface area contributed by atoms with E-state index in [1.165, 1.54) is 64.2 Å². The van der Waals surface area contributed by atoms with Crippen LogP contribution in [0.5, 0.6) is 0 Å². The molecule has 1 aliphatic heterocycles. The first-order chi connectivity index (χ1) is 12.4. The zero-order valence-electron chi connectivity index (χ0n) is 15.5. The van der Waals surface area contributed by atoms with Gasteiger partial charge in [-0.2, -0.15) is 0 Å². The minimum atomic E-state index is 0.741. The van der Waals surface area contributed by atoms with Gasteiger partial charge in [-0.15, -0.1) is 0 Å². The Morgan fingerprint density at radius 2 is 1.32 bits per heavy atom. The molecule has 3 N–H and O–H groups in total. The Morgan fingerprint density at radius 1 is 0.760 bits per heavy atom. The predicted molar refractivity (Wildman–Crippen MR) is 105 cm³/mol. The normalized spacial score (nSPS) is 13.4. The fraction of sp³-hybridized carbons (Fsp3) is 0.737. The Bertz CT molecular complexity index is 462. The number of nitrogens with zero attached hydrogens (tertiary/aromatic N) is 3. The third kappa shape index (κ3) is 9.89. The smallest absolute Gasteiger partial charge is 0.222 e. The fourth-order valence-corrected chi connectivity index (χ4v) is 2.98. The lowest BCUT2D eigenvalue weighted by molar-refractivity contribution is 0.552. The van der Waals surface area contributed by atoms with Crippen molar-refractivity contribution in [2.45, 2.75) is 64.2 Å². The van der Waals surface area contributed by atoms with Crippen LogP contribution in [-0.2, 0) is 0 Å². The Balaban J connectivity index is 1.26. The molecule has 0 radical (unpaired) electrons. The highest BCUT2D eigenvalue weighted by Crippen LogP contribution is 2.10. The molecule has 0 saturated carbocycles. The molecule has 0 aromatic carbocycles. The van der Waals surface area contributed by atoms with Crippen LogP contribution in [0.3, 0.4) is 0 Å². The quantitative estimate of drug-likeness (QED) is 0.451. The molecule has 1 aliphatic rings. The predicted octanol–water partition coefficient (Wildman–Crippen LogP) is 3.34. The van der Waals surface area contributed by atoms with Crippen LogP contribution in [-0.4, -0.2) is 42.1 Å². The van der Waals surface area contributed by atoms with Gasteiger partial charge in [-0.3, -0.25) is 4.99 Å². The Kier molecular flexibility index (Phi) is 10.5. The van der Waals surface area contributed by atoms with Gasteiger partial charge in [-0.25, -0.2) is 9.97 Å². The molecule has 2 heterocycles. The van der Waals surface area contributed by atoms with Crippen LogP contribution < -0.4 is 16.0 Å². The number of aromatic nitrogens is 2. The van der Waals surface area contributed by atoms with E-state index in [0.29, 0.717) is 0 Å². The van der Waals surface area contributed by atoms with Gasteiger partial charge in [-0.1, -0.05) is 51.4 Å². The number of rotatable bonds is 14. The van der Waals surface area contributed by atoms with Crippen LogP contribution in [0.2, 0.25) is 0 Å². The zero-order chi connectivity index (χ0) is 17.4. The number of aliphatic imine (C=N–C) groups is 1. The molecule has 6 heteroatoms. The van der Waals surface area contributed by atoms with E-state index in [9.17, 15) is 0 Å². The molecule has 0 unspecified atom stereocenters. The maximum absolute atomic E-state index is 4.33. The SMILES string of the molecule is c1cnc(NCCCCCCCCCCCCNC2=NCCN2)nc1. The van der Waals surface area contributed by atoms with Gasteiger partial charge in [0.2, 0.25) is 5.95 Å². The standard InChI is InChI=1S/C19H34N6/c1(2-4-6-8-10-13-21-19-24-16-17-25-19)3-5-7-9-12-20-18-22-14-11-15-23-18/h11,14-15H,1-10,12-13,16-17H2,(H,20,22,23)(H2,21,24,25). The van der Waals surface area contributed by atoms with Crippen molar-refractivity contribution in [1.29, 1.82) is 0 Å². The number of nitrogens with one attached hydrogen (secondary N) is 3. The number of anilines is 1. The molecule has 2 rings (SSSR count). The molecular formula is C19H34N6. The van der Waals surface area contributed by atoms with Crippen molar-refractivity contribution >= 4 is 11.9 Å². The van der Waals surface area contributed by atoms with Gasteiger partial charge >= 0.3 is 0 Å². The minimum Gasteiger partial charge on any atom is -0.356 e. The first-order valence-corrected chi connectivity index (χ1v) is 9.98. The van der Waals surface area contributed by atoms with Crippen LogP contribution in [0.15, 0.2) is 23.5 Å². The van der Waals surface area contributed by atoms with Gasteiger partial charge in [-0.05, 0) is 18.9 Å². The number of guanidine groups is 1. The van der Waals surface area contributed by atoms with E-state index in [1.807, 2.05) is 6.07 Å². The second-order valence-electron chi connectivity index (χ2n) is 6.62. The highest BCUT2D eigenvalue weighted by Gasteiger charge is 2.02. The average Bonchev–Trinajstić information content (AvgIpc) is 3.16. The van der Waals surface area contributed by atoms with Gasteiger partial charge in [0.25, 0.3) is 0 Å². The summed E-state index contributed by atoms with van der Waals surface area (Å²) >= 11 is 0. The molecule has 0 spiro atoms. The molecule has 6 nitrogen and oxygen atoms in total. The largest absolute Gasteiger partial charge is 0.356 e. The highest BCUT2D eigenvalue weighted by molar-refractivity contribution is 5.81. The fourth-order valence-electron chi connectivity index (χ4n) is 2.98. The van der Waals surface area contributed by atoms with Crippen molar-refractivity contribution in [2.75, 3.05) is 31.5 Å². The molecular weight excluding hydrogens is 312 g/mol. The second-order valence-corrected chi connectivity index (χ2v) is 6.62. The third-order valence-electron chi connectivity index (χ3n) is 4.42. The molecule has 25 heavy (non-hydrogen) atoms. The summed E-state index contributed by atoms with van der Waals surface area (Å²) in [6, 6.07) is 1.84. The van der Waals surface area contributed by atoms with Crippen molar-refractivity contribution in [2.24, 2.45) is 4.99 Å². The van der Waals surface area contributed by atoms with Crippen LogP contribution in [0.4, 0.5) is 5.95 Å². The van der Waals surface area contributed by atoms with Crippen molar-refractivity contribution < 1.29 is 0 Å². The van der Waals surface area contributed by atoms with E-state index in [0.717, 1.165) is 38.1 Å². The first kappa shape index (κ1) is 19.5. The zero-order valence-corrected chi connectivity index (χ0v) is 15.5. The molecule has 0 saturated heterocycles. The number of unbranched alkanes of at least 4 members (excludes halogenated alkanes) is 9. The van der Waals surface area contributed by atoms with Crippen molar-refractivity contribution in [3.63, 3.8) is 0 Å². The number of hydrogen-bond donors (Lipinski definition) is 3. The molecule has 0 bridgehead atoms. The molecule has 0 aliphatic carbocycles. The summed E-state index contributed by atoms with van der Waals surface area (Å²) in [4.78, 5) is 12.6. The molecule has 140 valence electrons. The first-order valence-electron chi connectivity index (χ1n) is 9.98. The van der Waals surface area contributed by atoms with Crippen LogP contribution in [0.1, 0.15) is 64.2 Å². The van der Waals surface area contributed by atoms with E-state index in [-0.39, 0.29) is 0 Å². The van der Waals surface area contributed by atoms with Gasteiger partial charge in [0.05, 0.1) is 6.54 Å². The van der Waals surface area contributed by atoms with Crippen molar-refractivity contribution in [1.82, 2.24) is 20.6 Å². The summed E-state index contributed by atoms with van der Waals surface area (Å²) < 4.78 is 0. The van der Waals surface area contributed by atoms with Crippen molar-refractivity contribution in [3.8, 4) is 0 Å². The Morgan fingerprint density at radius 3 is 1.88 bits per heavy atom. The summed E-state index contributed by atoms with van der Waals surface area (Å²) in [6.45, 7) is 3.93. The van der Waals surface area contributed by atoms with Gasteiger partial charge in [0, 0.05) is 32.0 Å². The molecule has 0 fully saturated rings. The molecule has 0 atom stereocenters. The molecule has 0 amide bonds. The minimum absolute atomic E-state index is 0.741. The monoisotopic (exact) mass is 346 g/mol. The van der Waals surface area contributed by atoms with E-state index in [1.54, 1.807) is 12.4 Å². The Hall–Kier alpha value is -1.85. The summed E-state index contributed by atoms with van der Waals surface area (Å²) in [5, 5.41) is 9.85. The average molecular weight is 347 g/mol. The molecule has 1 aromatic rings. The van der Waals surface area contributed by atoms with E-state index < -0.39 is 0 Å². The van der Waals surface area contributed by atoms with Crippen LogP contribution >= 0.6 is 0 Å². The highest BCUT2D eigenvalue weighted by atomic mass is 15.2.